The Balaban J connectivity index is 2.30. The highest BCUT2D eigenvalue weighted by atomic mass is 16.5. The van der Waals surface area contributed by atoms with Crippen molar-refractivity contribution in [1.82, 2.24) is 4.98 Å². The number of ether oxygens (including phenoxy) is 2. The smallest absolute Gasteiger partial charge is 0.340 e. The van der Waals surface area contributed by atoms with Crippen molar-refractivity contribution in [3.05, 3.63) is 69.4 Å². The first kappa shape index (κ1) is 15.8. The molecule has 24 heavy (non-hydrogen) atoms. The molecule has 0 amide bonds. The lowest BCUT2D eigenvalue weighted by Crippen LogP contribution is -2.29. The van der Waals surface area contributed by atoms with Crippen molar-refractivity contribution in [2.24, 2.45) is 5.73 Å². The number of pyridine rings is 1. The Morgan fingerprint density at radius 2 is 2.29 bits per heavy atom. The summed E-state index contributed by atoms with van der Waals surface area (Å²) in [6, 6.07) is 4.48. The molecule has 0 aromatic carbocycles. The molecule has 3 rings (SSSR count). The number of aliphatic hydroxyl groups excluding tert-OH is 1. The topological polar surface area (TPSA) is 125 Å². The van der Waals surface area contributed by atoms with E-state index < -0.39 is 23.9 Å². The summed E-state index contributed by atoms with van der Waals surface area (Å²) in [5.41, 5.74) is 5.89. The third-order valence-electron chi connectivity index (χ3n) is 3.59. The van der Waals surface area contributed by atoms with Crippen molar-refractivity contribution in [3.63, 3.8) is 0 Å². The quantitative estimate of drug-likeness (QED) is 0.775. The van der Waals surface area contributed by atoms with Gasteiger partial charge in [-0.1, -0.05) is 6.07 Å². The van der Waals surface area contributed by atoms with Gasteiger partial charge in [0.1, 0.15) is 17.9 Å². The van der Waals surface area contributed by atoms with Crippen LogP contribution in [0.15, 0.2) is 51.3 Å². The molecule has 1 aliphatic rings. The minimum atomic E-state index is -0.839. The third-order valence-corrected chi connectivity index (χ3v) is 3.59. The highest BCUT2D eigenvalue weighted by Gasteiger charge is 2.39. The lowest BCUT2D eigenvalue weighted by molar-refractivity contribution is -0.136. The molecule has 124 valence electrons. The van der Waals surface area contributed by atoms with Crippen molar-refractivity contribution in [2.75, 3.05) is 7.11 Å². The number of aliphatic hydroxyl groups is 1. The van der Waals surface area contributed by atoms with Gasteiger partial charge in [0.05, 0.1) is 13.0 Å². The average molecular weight is 330 g/mol. The molecule has 1 aliphatic heterocycles. The van der Waals surface area contributed by atoms with Crippen LogP contribution in [0.4, 0.5) is 0 Å². The Morgan fingerprint density at radius 3 is 2.92 bits per heavy atom. The number of hydrogen-bond donors (Lipinski definition) is 2. The summed E-state index contributed by atoms with van der Waals surface area (Å²) in [5.74, 6) is -1.83. The standard InChI is InChI=1S/C16H14N2O6/c1-22-16(21)12-11(8-3-2-4-18-6-8)14-13(24-15(12)17)10(20)5-9(7-19)23-14/h2-6,11,19H,7,17H2,1H3. The van der Waals surface area contributed by atoms with E-state index in [-0.39, 0.29) is 28.7 Å². The maximum atomic E-state index is 12.2. The van der Waals surface area contributed by atoms with Gasteiger partial charge in [0.15, 0.2) is 5.76 Å². The number of carbonyl (C=O) groups is 1. The van der Waals surface area contributed by atoms with Crippen LogP contribution in [-0.4, -0.2) is 23.2 Å². The van der Waals surface area contributed by atoms with Crippen molar-refractivity contribution >= 4 is 5.97 Å². The van der Waals surface area contributed by atoms with Gasteiger partial charge in [-0.2, -0.15) is 0 Å². The summed E-state index contributed by atoms with van der Waals surface area (Å²) in [6.45, 7) is -0.477. The van der Waals surface area contributed by atoms with Crippen LogP contribution in [0.2, 0.25) is 0 Å². The first-order valence-electron chi connectivity index (χ1n) is 7.00. The molecule has 2 aromatic heterocycles. The van der Waals surface area contributed by atoms with E-state index in [4.69, 9.17) is 19.6 Å². The van der Waals surface area contributed by atoms with Gasteiger partial charge in [-0.25, -0.2) is 4.79 Å². The van der Waals surface area contributed by atoms with E-state index in [1.807, 2.05) is 0 Å². The summed E-state index contributed by atoms with van der Waals surface area (Å²) in [4.78, 5) is 28.4. The van der Waals surface area contributed by atoms with Gasteiger partial charge in [0.25, 0.3) is 0 Å². The Hall–Kier alpha value is -3.13. The van der Waals surface area contributed by atoms with Gasteiger partial charge < -0.3 is 24.7 Å². The molecule has 0 fully saturated rings. The molecular formula is C16H14N2O6. The molecule has 2 aromatic rings. The van der Waals surface area contributed by atoms with Crippen molar-refractivity contribution < 1.29 is 23.8 Å². The monoisotopic (exact) mass is 330 g/mol. The Morgan fingerprint density at radius 1 is 1.50 bits per heavy atom. The minimum Gasteiger partial charge on any atom is -0.465 e. The zero-order valence-corrected chi connectivity index (χ0v) is 12.7. The van der Waals surface area contributed by atoms with Gasteiger partial charge in [0.2, 0.25) is 17.1 Å². The van der Waals surface area contributed by atoms with Gasteiger partial charge in [-0.15, -0.1) is 0 Å². The largest absolute Gasteiger partial charge is 0.465 e. The number of aromatic nitrogens is 1. The van der Waals surface area contributed by atoms with Gasteiger partial charge >= 0.3 is 5.97 Å². The highest BCUT2D eigenvalue weighted by Crippen LogP contribution is 2.41. The van der Waals surface area contributed by atoms with Gasteiger partial charge in [-0.3, -0.25) is 9.78 Å². The lowest BCUT2D eigenvalue weighted by Gasteiger charge is -2.26. The molecule has 0 spiro atoms. The fourth-order valence-corrected chi connectivity index (χ4v) is 2.55. The molecule has 1 unspecified atom stereocenters. The number of esters is 1. The summed E-state index contributed by atoms with van der Waals surface area (Å²) in [5, 5.41) is 9.28. The van der Waals surface area contributed by atoms with Crippen LogP contribution in [0, 0.1) is 0 Å². The highest BCUT2D eigenvalue weighted by molar-refractivity contribution is 5.92. The normalized spacial score (nSPS) is 16.3. The van der Waals surface area contributed by atoms with E-state index in [2.05, 4.69) is 4.98 Å². The summed E-state index contributed by atoms with van der Waals surface area (Å²) < 4.78 is 15.6. The summed E-state index contributed by atoms with van der Waals surface area (Å²) >= 11 is 0. The number of nitrogens with zero attached hydrogens (tertiary/aromatic N) is 1. The van der Waals surface area contributed by atoms with Crippen LogP contribution in [-0.2, 0) is 16.1 Å². The molecule has 0 radical (unpaired) electrons. The first-order valence-corrected chi connectivity index (χ1v) is 7.00. The van der Waals surface area contributed by atoms with Crippen molar-refractivity contribution in [2.45, 2.75) is 12.5 Å². The van der Waals surface area contributed by atoms with E-state index in [9.17, 15) is 14.7 Å². The SMILES string of the molecule is COC(=O)C1=C(N)Oc2c(oc(CO)cc2=O)C1c1cccnc1. The second kappa shape index (κ2) is 6.17. The summed E-state index contributed by atoms with van der Waals surface area (Å²) in [7, 11) is 1.21. The molecule has 0 saturated carbocycles. The molecule has 0 saturated heterocycles. The number of rotatable bonds is 3. The predicted molar refractivity (Wildman–Crippen MR) is 80.8 cm³/mol. The predicted octanol–water partition coefficient (Wildman–Crippen LogP) is 0.395. The second-order valence-corrected chi connectivity index (χ2v) is 5.02. The van der Waals surface area contributed by atoms with Gasteiger partial charge in [-0.05, 0) is 11.6 Å². The number of hydrogen-bond acceptors (Lipinski definition) is 8. The lowest BCUT2D eigenvalue weighted by atomic mass is 9.87. The van der Waals surface area contributed by atoms with Crippen LogP contribution in [0.5, 0.6) is 5.75 Å². The first-order chi connectivity index (χ1) is 11.6. The summed E-state index contributed by atoms with van der Waals surface area (Å²) in [6.07, 6.45) is 3.08. The van der Waals surface area contributed by atoms with Crippen LogP contribution >= 0.6 is 0 Å². The molecule has 8 nitrogen and oxygen atoms in total. The molecule has 3 N–H and O–H groups in total. The zero-order chi connectivity index (χ0) is 17.3. The fourth-order valence-electron chi connectivity index (χ4n) is 2.55. The molecular weight excluding hydrogens is 316 g/mol. The van der Waals surface area contributed by atoms with Gasteiger partial charge in [0, 0.05) is 18.5 Å². The second-order valence-electron chi connectivity index (χ2n) is 5.02. The molecule has 0 aliphatic carbocycles. The molecule has 1 atom stereocenters. The van der Waals surface area contributed by atoms with Crippen molar-refractivity contribution in [1.29, 1.82) is 0 Å². The van der Waals surface area contributed by atoms with E-state index in [0.717, 1.165) is 6.07 Å². The number of carbonyl (C=O) groups excluding carboxylic acids is 1. The Labute approximate surface area is 136 Å². The Bertz CT molecular complexity index is 872. The van der Waals surface area contributed by atoms with Crippen LogP contribution < -0.4 is 15.9 Å². The fraction of sp³-hybridized carbons (Fsp3) is 0.188. The van der Waals surface area contributed by atoms with E-state index >= 15 is 0 Å². The molecule has 3 heterocycles. The van der Waals surface area contributed by atoms with E-state index in [1.165, 1.54) is 13.3 Å². The zero-order valence-electron chi connectivity index (χ0n) is 12.7. The van der Waals surface area contributed by atoms with Crippen LogP contribution in [0.1, 0.15) is 23.0 Å². The minimum absolute atomic E-state index is 0.00348. The van der Waals surface area contributed by atoms with Crippen molar-refractivity contribution in [3.8, 4) is 5.75 Å². The van der Waals surface area contributed by atoms with Crippen LogP contribution in [0.3, 0.4) is 0 Å². The van der Waals surface area contributed by atoms with Crippen LogP contribution in [0.25, 0.3) is 0 Å². The third kappa shape index (κ3) is 2.52. The molecule has 0 bridgehead atoms. The number of methoxy groups -OCH3 is 1. The van der Waals surface area contributed by atoms with E-state index in [1.54, 1.807) is 18.3 Å². The number of nitrogens with two attached hydrogens (primary N) is 1. The maximum absolute atomic E-state index is 12.2. The average Bonchev–Trinajstić information content (AvgIpc) is 2.61. The Kier molecular flexibility index (Phi) is 4.05. The maximum Gasteiger partial charge on any atom is 0.340 e. The van der Waals surface area contributed by atoms with E-state index in [0.29, 0.717) is 5.56 Å². The molecule has 8 heteroatoms. The number of fused-ring (bicyclic) bond motifs is 1.